The number of anilines is 1. The molecule has 15 heavy (non-hydrogen) atoms. The van der Waals surface area contributed by atoms with Gasteiger partial charge < -0.3 is 10.4 Å². The lowest BCUT2D eigenvalue weighted by atomic mass is 9.87. The van der Waals surface area contributed by atoms with E-state index in [1.807, 2.05) is 0 Å². The zero-order chi connectivity index (χ0) is 10.7. The molecule has 0 aromatic carbocycles. The van der Waals surface area contributed by atoms with Gasteiger partial charge >= 0.3 is 0 Å². The Labute approximate surface area is 88.7 Å². The van der Waals surface area contributed by atoms with E-state index in [0.29, 0.717) is 5.95 Å². The number of hydrogen-bond donors (Lipinski definition) is 2. The molecule has 0 bridgehead atoms. The molecule has 0 aliphatic heterocycles. The first-order valence-corrected chi connectivity index (χ1v) is 5.33. The molecule has 1 aromatic heterocycles. The number of aromatic nitrogens is 4. The van der Waals surface area contributed by atoms with Crippen molar-refractivity contribution in [1.29, 1.82) is 0 Å². The smallest absolute Gasteiger partial charge is 0.242 e. The molecule has 1 aliphatic carbocycles. The van der Waals surface area contributed by atoms with Gasteiger partial charge in [-0.05, 0) is 23.3 Å². The fourth-order valence-corrected chi connectivity index (χ4v) is 2.16. The minimum Gasteiger partial charge on any atom is -0.396 e. The molecule has 1 aliphatic rings. The van der Waals surface area contributed by atoms with Crippen molar-refractivity contribution in [3.8, 4) is 0 Å². The van der Waals surface area contributed by atoms with Crippen LogP contribution in [0, 0.1) is 5.41 Å². The zero-order valence-electron chi connectivity index (χ0n) is 8.98. The molecule has 1 aromatic rings. The molecule has 0 amide bonds. The van der Waals surface area contributed by atoms with Crippen molar-refractivity contribution in [2.75, 3.05) is 18.5 Å². The Balaban J connectivity index is 1.94. The van der Waals surface area contributed by atoms with Gasteiger partial charge in [0, 0.05) is 19.0 Å². The summed E-state index contributed by atoms with van der Waals surface area (Å²) in [7, 11) is 1.79. The van der Waals surface area contributed by atoms with E-state index in [-0.39, 0.29) is 12.0 Å². The number of aliphatic hydroxyl groups excluding tert-OH is 1. The van der Waals surface area contributed by atoms with Crippen LogP contribution < -0.4 is 5.32 Å². The van der Waals surface area contributed by atoms with E-state index in [1.165, 1.54) is 12.8 Å². The van der Waals surface area contributed by atoms with Crippen molar-refractivity contribution < 1.29 is 5.11 Å². The fourth-order valence-electron chi connectivity index (χ4n) is 2.16. The minimum absolute atomic E-state index is 0.0337. The van der Waals surface area contributed by atoms with E-state index in [4.69, 9.17) is 0 Å². The van der Waals surface area contributed by atoms with Crippen LogP contribution in [0.15, 0.2) is 0 Å². The van der Waals surface area contributed by atoms with Crippen molar-refractivity contribution in [2.45, 2.75) is 25.7 Å². The van der Waals surface area contributed by atoms with Gasteiger partial charge in [-0.2, -0.15) is 0 Å². The van der Waals surface area contributed by atoms with E-state index in [9.17, 15) is 5.11 Å². The van der Waals surface area contributed by atoms with Crippen LogP contribution in [0.2, 0.25) is 0 Å². The Kier molecular flexibility index (Phi) is 2.86. The van der Waals surface area contributed by atoms with E-state index >= 15 is 0 Å². The van der Waals surface area contributed by atoms with Crippen LogP contribution in [-0.4, -0.2) is 38.5 Å². The Morgan fingerprint density at radius 1 is 1.47 bits per heavy atom. The van der Waals surface area contributed by atoms with E-state index in [1.54, 1.807) is 11.7 Å². The second kappa shape index (κ2) is 4.14. The summed E-state index contributed by atoms with van der Waals surface area (Å²) in [6, 6.07) is 0. The van der Waals surface area contributed by atoms with Crippen molar-refractivity contribution in [3.63, 3.8) is 0 Å². The summed E-state index contributed by atoms with van der Waals surface area (Å²) in [5.74, 6) is 0.662. The third-order valence-corrected chi connectivity index (χ3v) is 3.24. The summed E-state index contributed by atoms with van der Waals surface area (Å²) in [5.41, 5.74) is 0.0337. The maximum Gasteiger partial charge on any atom is 0.242 e. The molecular formula is C9H17N5O. The molecule has 2 rings (SSSR count). The number of hydrogen-bond acceptors (Lipinski definition) is 5. The van der Waals surface area contributed by atoms with Gasteiger partial charge in [-0.3, -0.25) is 0 Å². The van der Waals surface area contributed by atoms with Crippen molar-refractivity contribution in [1.82, 2.24) is 20.2 Å². The molecule has 2 N–H and O–H groups in total. The van der Waals surface area contributed by atoms with E-state index in [0.717, 1.165) is 19.4 Å². The van der Waals surface area contributed by atoms with Gasteiger partial charge in [0.25, 0.3) is 0 Å². The van der Waals surface area contributed by atoms with Crippen molar-refractivity contribution >= 4 is 5.95 Å². The predicted molar refractivity (Wildman–Crippen MR) is 55.3 cm³/mol. The second-order valence-electron chi connectivity index (χ2n) is 4.34. The molecule has 1 saturated carbocycles. The maximum atomic E-state index is 9.42. The van der Waals surface area contributed by atoms with Crippen LogP contribution in [0.1, 0.15) is 25.7 Å². The van der Waals surface area contributed by atoms with Crippen molar-refractivity contribution in [2.24, 2.45) is 12.5 Å². The minimum atomic E-state index is 0.0337. The standard InChI is InChI=1S/C9H17N5O/c1-14-8(11-12-13-14)10-6-9(7-15)4-2-3-5-9/h15H,2-7H2,1H3,(H,10,11,13). The molecule has 6 nitrogen and oxygen atoms in total. The van der Waals surface area contributed by atoms with Crippen LogP contribution in [0.25, 0.3) is 0 Å². The third kappa shape index (κ3) is 2.09. The van der Waals surface area contributed by atoms with Gasteiger partial charge in [0.15, 0.2) is 0 Å². The second-order valence-corrected chi connectivity index (χ2v) is 4.34. The highest BCUT2D eigenvalue weighted by Crippen LogP contribution is 2.37. The highest BCUT2D eigenvalue weighted by atomic mass is 16.3. The molecule has 0 radical (unpaired) electrons. The van der Waals surface area contributed by atoms with Crippen LogP contribution in [0.3, 0.4) is 0 Å². The largest absolute Gasteiger partial charge is 0.396 e. The molecule has 0 unspecified atom stereocenters. The summed E-state index contributed by atoms with van der Waals surface area (Å²) < 4.78 is 1.60. The molecule has 1 fully saturated rings. The van der Waals surface area contributed by atoms with Crippen LogP contribution in [0.4, 0.5) is 5.95 Å². The quantitative estimate of drug-likeness (QED) is 0.742. The molecule has 6 heteroatoms. The summed E-state index contributed by atoms with van der Waals surface area (Å²) in [6.45, 7) is 0.989. The molecule has 0 spiro atoms. The first-order chi connectivity index (χ1) is 7.26. The lowest BCUT2D eigenvalue weighted by molar-refractivity contribution is 0.142. The topological polar surface area (TPSA) is 75.9 Å². The number of aryl methyl sites for hydroxylation is 1. The average molecular weight is 211 g/mol. The maximum absolute atomic E-state index is 9.42. The first-order valence-electron chi connectivity index (χ1n) is 5.33. The third-order valence-electron chi connectivity index (χ3n) is 3.24. The molecule has 0 saturated heterocycles. The Morgan fingerprint density at radius 2 is 2.20 bits per heavy atom. The lowest BCUT2D eigenvalue weighted by Gasteiger charge is -2.26. The molecule has 84 valence electrons. The lowest BCUT2D eigenvalue weighted by Crippen LogP contribution is -2.31. The highest BCUT2D eigenvalue weighted by Gasteiger charge is 2.33. The van der Waals surface area contributed by atoms with Crippen LogP contribution in [-0.2, 0) is 7.05 Å². The van der Waals surface area contributed by atoms with E-state index < -0.39 is 0 Å². The Morgan fingerprint density at radius 3 is 2.73 bits per heavy atom. The summed E-state index contributed by atoms with van der Waals surface area (Å²) in [5, 5.41) is 23.8. The SMILES string of the molecule is Cn1nnnc1NCC1(CO)CCCC1. The molecule has 1 heterocycles. The van der Waals surface area contributed by atoms with Gasteiger partial charge in [-0.1, -0.05) is 17.9 Å². The number of nitrogens with zero attached hydrogens (tertiary/aromatic N) is 4. The predicted octanol–water partition coefficient (Wildman–Crippen LogP) is 0.175. The zero-order valence-corrected chi connectivity index (χ0v) is 8.98. The van der Waals surface area contributed by atoms with Gasteiger partial charge in [0.1, 0.15) is 0 Å². The number of nitrogens with one attached hydrogen (secondary N) is 1. The Hall–Kier alpha value is -1.17. The average Bonchev–Trinajstić information content (AvgIpc) is 2.85. The highest BCUT2D eigenvalue weighted by molar-refractivity contribution is 5.21. The van der Waals surface area contributed by atoms with Gasteiger partial charge in [0.2, 0.25) is 5.95 Å². The number of tetrazole rings is 1. The van der Waals surface area contributed by atoms with E-state index in [2.05, 4.69) is 20.8 Å². The normalized spacial score (nSPS) is 19.3. The van der Waals surface area contributed by atoms with Gasteiger partial charge in [0.05, 0.1) is 6.61 Å². The fraction of sp³-hybridized carbons (Fsp3) is 0.889. The first kappa shape index (κ1) is 10.4. The van der Waals surface area contributed by atoms with Crippen molar-refractivity contribution in [3.05, 3.63) is 0 Å². The summed E-state index contributed by atoms with van der Waals surface area (Å²) in [6.07, 6.45) is 4.59. The number of aliphatic hydroxyl groups is 1. The van der Waals surface area contributed by atoms with Crippen LogP contribution >= 0.6 is 0 Å². The molecular weight excluding hydrogens is 194 g/mol. The summed E-state index contributed by atoms with van der Waals surface area (Å²) in [4.78, 5) is 0. The number of rotatable bonds is 4. The summed E-state index contributed by atoms with van der Waals surface area (Å²) >= 11 is 0. The monoisotopic (exact) mass is 211 g/mol. The van der Waals surface area contributed by atoms with Crippen LogP contribution in [0.5, 0.6) is 0 Å². The molecule has 0 atom stereocenters. The van der Waals surface area contributed by atoms with Gasteiger partial charge in [-0.25, -0.2) is 4.68 Å². The Bertz CT molecular complexity index is 318. The van der Waals surface area contributed by atoms with Gasteiger partial charge in [-0.15, -0.1) is 0 Å².